The molecule has 1 aromatic heterocycles. The molecule has 0 atom stereocenters. The second-order valence-corrected chi connectivity index (χ2v) is 7.09. The molecule has 0 aliphatic rings. The van der Waals surface area contributed by atoms with Crippen molar-refractivity contribution in [3.8, 4) is 0 Å². The average Bonchev–Trinajstić information content (AvgIpc) is 2.28. The van der Waals surface area contributed by atoms with Crippen LogP contribution >= 0.6 is 54.6 Å². The van der Waals surface area contributed by atoms with Crippen LogP contribution in [0.3, 0.4) is 0 Å². The Balaban J connectivity index is 2.68. The number of nitrogens with zero attached hydrogens (tertiary/aromatic N) is 3. The molecule has 0 radical (unpaired) electrons. The Bertz CT molecular complexity index is 601. The normalized spacial score (nSPS) is 11.1. The van der Waals surface area contributed by atoms with Gasteiger partial charge in [0.1, 0.15) is 0 Å². The van der Waals surface area contributed by atoms with Crippen LogP contribution in [0.5, 0.6) is 0 Å². The fourth-order valence-corrected chi connectivity index (χ4v) is 2.66. The zero-order valence-electron chi connectivity index (χ0n) is 7.90. The molecule has 0 fully saturated rings. The highest BCUT2D eigenvalue weighted by Gasteiger charge is 2.09. The van der Waals surface area contributed by atoms with E-state index in [1.165, 1.54) is 0 Å². The molecule has 0 saturated heterocycles. The molecule has 2 aromatic rings. The average molecular weight is 347 g/mol. The van der Waals surface area contributed by atoms with Crippen LogP contribution in [0.1, 0.15) is 0 Å². The molecule has 9 heteroatoms. The Labute approximate surface area is 122 Å². The van der Waals surface area contributed by atoms with E-state index in [0.717, 1.165) is 11.0 Å². The van der Waals surface area contributed by atoms with Crippen LogP contribution in [0, 0.1) is 0 Å². The Morgan fingerprint density at radius 1 is 1.18 bits per heavy atom. The zero-order valence-corrected chi connectivity index (χ0v) is 12.6. The van der Waals surface area contributed by atoms with Crippen molar-refractivity contribution in [1.29, 1.82) is 0 Å². The van der Waals surface area contributed by atoms with Gasteiger partial charge >= 0.3 is 0 Å². The Hall–Kier alpha value is 0.220. The third-order valence-electron chi connectivity index (χ3n) is 1.81. The first-order valence-electron chi connectivity index (χ1n) is 4.14. The highest BCUT2D eigenvalue weighted by Crippen LogP contribution is 2.32. The molecule has 1 aromatic carbocycles. The second kappa shape index (κ2) is 5.91. The maximum absolute atomic E-state index is 5.87. The van der Waals surface area contributed by atoms with E-state index >= 15 is 0 Å². The Morgan fingerprint density at radius 3 is 2.59 bits per heavy atom. The summed E-state index contributed by atoms with van der Waals surface area (Å²) in [4.78, 5) is 8.56. The van der Waals surface area contributed by atoms with E-state index < -0.39 is 9.12 Å². The molecule has 0 saturated carbocycles. The molecule has 0 amide bonds. The molecule has 1 heterocycles. The largest absolute Gasteiger partial charge is 0.234 e. The first kappa shape index (κ1) is 13.6. The van der Waals surface area contributed by atoms with Crippen LogP contribution in [0.15, 0.2) is 27.6 Å². The monoisotopic (exact) mass is 345 g/mol. The third kappa shape index (κ3) is 3.36. The minimum absolute atomic E-state index is 0.327. The number of benzene rings is 1. The lowest BCUT2D eigenvalue weighted by atomic mass is 10.3. The standard InChI is InChI=1S/C8H3Cl4N3S2/c9-4-1-2-5-6(3-4)14-8(16-10)7(13-5)15-17(11)12/h1-3H. The molecular formula is C8H3Cl4N3S2. The summed E-state index contributed by atoms with van der Waals surface area (Å²) in [7, 11) is 16.6. The predicted molar refractivity (Wildman–Crippen MR) is 77.4 cm³/mol. The number of rotatable bonds is 2. The molecule has 0 aliphatic heterocycles. The van der Waals surface area contributed by atoms with Gasteiger partial charge in [-0.3, -0.25) is 0 Å². The first-order chi connectivity index (χ1) is 8.10. The molecule has 0 unspecified atom stereocenters. The van der Waals surface area contributed by atoms with Crippen molar-refractivity contribution in [3.63, 3.8) is 0 Å². The molecular weight excluding hydrogens is 344 g/mol. The molecule has 90 valence electrons. The van der Waals surface area contributed by atoms with Gasteiger partial charge in [0, 0.05) is 16.0 Å². The summed E-state index contributed by atoms with van der Waals surface area (Å²) in [5.74, 6) is 0.327. The van der Waals surface area contributed by atoms with Gasteiger partial charge in [-0.05, 0) is 50.2 Å². The quantitative estimate of drug-likeness (QED) is 0.743. The summed E-state index contributed by atoms with van der Waals surface area (Å²) < 4.78 is 3.95. The van der Waals surface area contributed by atoms with Gasteiger partial charge in [0.05, 0.1) is 20.2 Å². The molecule has 0 N–H and O–H groups in total. The van der Waals surface area contributed by atoms with Gasteiger partial charge in [-0.2, -0.15) is 4.36 Å². The molecule has 0 bridgehead atoms. The van der Waals surface area contributed by atoms with Gasteiger partial charge < -0.3 is 0 Å². The number of hydrogen-bond donors (Lipinski definition) is 0. The van der Waals surface area contributed by atoms with Crippen molar-refractivity contribution in [3.05, 3.63) is 23.2 Å². The van der Waals surface area contributed by atoms with Crippen LogP contribution in [-0.4, -0.2) is 9.97 Å². The van der Waals surface area contributed by atoms with Gasteiger partial charge in [0.15, 0.2) is 10.8 Å². The smallest absolute Gasteiger partial charge is 0.195 e. The van der Waals surface area contributed by atoms with Crippen molar-refractivity contribution in [2.24, 2.45) is 4.36 Å². The summed E-state index contributed by atoms with van der Waals surface area (Å²) in [6, 6.07) is 5.16. The predicted octanol–water partition coefficient (Wildman–Crippen LogP) is 5.27. The Kier molecular flexibility index (Phi) is 4.74. The zero-order chi connectivity index (χ0) is 12.4. The second-order valence-electron chi connectivity index (χ2n) is 2.85. The summed E-state index contributed by atoms with van der Waals surface area (Å²) in [6.45, 7) is 0. The summed E-state index contributed by atoms with van der Waals surface area (Å²) in [6.07, 6.45) is 0. The van der Waals surface area contributed by atoms with E-state index in [4.69, 9.17) is 43.6 Å². The molecule has 0 spiro atoms. The van der Waals surface area contributed by atoms with Crippen molar-refractivity contribution in [2.45, 2.75) is 5.03 Å². The van der Waals surface area contributed by atoms with E-state index in [1.807, 2.05) is 0 Å². The fourth-order valence-electron chi connectivity index (χ4n) is 1.18. The van der Waals surface area contributed by atoms with E-state index in [0.29, 0.717) is 26.9 Å². The van der Waals surface area contributed by atoms with E-state index in [1.54, 1.807) is 18.2 Å². The molecule has 2 rings (SSSR count). The lowest BCUT2D eigenvalue weighted by molar-refractivity contribution is 1.12. The first-order valence-corrected chi connectivity index (χ1v) is 9.00. The molecule has 0 aliphatic carbocycles. The number of fused-ring (bicyclic) bond motifs is 1. The van der Waals surface area contributed by atoms with E-state index in [-0.39, 0.29) is 0 Å². The van der Waals surface area contributed by atoms with Gasteiger partial charge in [-0.25, -0.2) is 9.97 Å². The third-order valence-corrected chi connectivity index (χ3v) is 3.62. The van der Waals surface area contributed by atoms with Crippen LogP contribution in [0.25, 0.3) is 11.0 Å². The van der Waals surface area contributed by atoms with Crippen molar-refractivity contribution < 1.29 is 0 Å². The van der Waals surface area contributed by atoms with Crippen molar-refractivity contribution >= 4 is 80.6 Å². The van der Waals surface area contributed by atoms with Crippen LogP contribution < -0.4 is 0 Å². The summed E-state index contributed by atoms with van der Waals surface area (Å²) >= 11 is 5.87. The van der Waals surface area contributed by atoms with Gasteiger partial charge in [-0.15, -0.1) is 0 Å². The number of halogens is 4. The van der Waals surface area contributed by atoms with E-state index in [9.17, 15) is 0 Å². The maximum Gasteiger partial charge on any atom is 0.195 e. The maximum atomic E-state index is 5.87. The van der Waals surface area contributed by atoms with Crippen LogP contribution in [-0.2, 0) is 9.12 Å². The van der Waals surface area contributed by atoms with Gasteiger partial charge in [-0.1, -0.05) is 11.6 Å². The Morgan fingerprint density at radius 2 is 1.94 bits per heavy atom. The minimum Gasteiger partial charge on any atom is -0.234 e. The highest BCUT2D eigenvalue weighted by molar-refractivity contribution is 8.28. The van der Waals surface area contributed by atoms with Gasteiger partial charge in [0.2, 0.25) is 0 Å². The lowest BCUT2D eigenvalue weighted by Gasteiger charge is -2.03. The summed E-state index contributed by atoms with van der Waals surface area (Å²) in [5.41, 5.74) is 1.30. The van der Waals surface area contributed by atoms with Crippen LogP contribution in [0.4, 0.5) is 5.82 Å². The van der Waals surface area contributed by atoms with Crippen molar-refractivity contribution in [1.82, 2.24) is 9.97 Å². The minimum atomic E-state index is -1.16. The summed E-state index contributed by atoms with van der Waals surface area (Å²) in [5, 5.41) is 1.02. The van der Waals surface area contributed by atoms with E-state index in [2.05, 4.69) is 14.3 Å². The van der Waals surface area contributed by atoms with Crippen LogP contribution in [0.2, 0.25) is 5.02 Å². The van der Waals surface area contributed by atoms with Gasteiger partial charge in [0.25, 0.3) is 0 Å². The van der Waals surface area contributed by atoms with Crippen molar-refractivity contribution in [2.75, 3.05) is 0 Å². The SMILES string of the molecule is ClSc1nc2cc(Cl)ccc2nc1N=S(Cl)Cl. The topological polar surface area (TPSA) is 38.1 Å². The highest BCUT2D eigenvalue weighted by atomic mass is 36.0. The molecule has 17 heavy (non-hydrogen) atoms. The number of hydrogen-bond acceptors (Lipinski definition) is 4. The fraction of sp³-hybridized carbons (Fsp3) is 0. The number of aromatic nitrogens is 2. The molecule has 3 nitrogen and oxygen atoms in total. The lowest BCUT2D eigenvalue weighted by Crippen LogP contribution is -1.88.